The van der Waals surface area contributed by atoms with E-state index >= 15 is 0 Å². The van der Waals surface area contributed by atoms with E-state index < -0.39 is 0 Å². The van der Waals surface area contributed by atoms with E-state index in [9.17, 15) is 9.90 Å². The van der Waals surface area contributed by atoms with Crippen LogP contribution in [-0.4, -0.2) is 33.6 Å². The van der Waals surface area contributed by atoms with Gasteiger partial charge in [0.15, 0.2) is 0 Å². The summed E-state index contributed by atoms with van der Waals surface area (Å²) in [5.41, 5.74) is 3.32. The molecule has 0 saturated carbocycles. The van der Waals surface area contributed by atoms with Crippen molar-refractivity contribution in [2.24, 2.45) is 11.8 Å². The third-order valence-electron chi connectivity index (χ3n) is 6.46. The van der Waals surface area contributed by atoms with Crippen LogP contribution >= 0.6 is 0 Å². The van der Waals surface area contributed by atoms with Crippen molar-refractivity contribution in [3.05, 3.63) is 65.9 Å². The van der Waals surface area contributed by atoms with Gasteiger partial charge in [-0.3, -0.25) is 14.3 Å². The highest BCUT2D eigenvalue weighted by Crippen LogP contribution is 2.35. The molecule has 0 aliphatic carbocycles. The minimum atomic E-state index is 0.0902. The number of hydrogen-bond donors (Lipinski definition) is 1. The minimum Gasteiger partial charge on any atom is -0.508 e. The minimum absolute atomic E-state index is 0.0902. The molecule has 4 nitrogen and oxygen atoms in total. The summed E-state index contributed by atoms with van der Waals surface area (Å²) >= 11 is 0. The Kier molecular flexibility index (Phi) is 4.44. The SMILES string of the molecule is O=C1C(CC2CCN(Cc3ccccc3)CC2)Cc2cc3ccc(O)cc3n21. The molecule has 1 atom stereocenters. The highest BCUT2D eigenvalue weighted by atomic mass is 16.3. The van der Waals surface area contributed by atoms with Crippen LogP contribution in [0.2, 0.25) is 0 Å². The van der Waals surface area contributed by atoms with Crippen LogP contribution in [-0.2, 0) is 13.0 Å². The molecule has 3 aromatic rings. The van der Waals surface area contributed by atoms with Gasteiger partial charge < -0.3 is 5.11 Å². The number of piperidine rings is 1. The lowest BCUT2D eigenvalue weighted by Crippen LogP contribution is -2.34. The van der Waals surface area contributed by atoms with Crippen molar-refractivity contribution >= 4 is 16.8 Å². The van der Waals surface area contributed by atoms with Crippen molar-refractivity contribution in [1.29, 1.82) is 0 Å². The first-order chi connectivity index (χ1) is 13.7. The first-order valence-corrected chi connectivity index (χ1v) is 10.3. The maximum absolute atomic E-state index is 13.0. The Morgan fingerprint density at radius 3 is 2.57 bits per heavy atom. The summed E-state index contributed by atoms with van der Waals surface area (Å²) in [6, 6.07) is 18.0. The largest absolute Gasteiger partial charge is 0.508 e. The molecule has 1 N–H and O–H groups in total. The van der Waals surface area contributed by atoms with Crippen molar-refractivity contribution in [3.63, 3.8) is 0 Å². The topological polar surface area (TPSA) is 45.5 Å². The predicted octanol–water partition coefficient (Wildman–Crippen LogP) is 4.46. The maximum atomic E-state index is 13.0. The molecule has 0 spiro atoms. The summed E-state index contributed by atoms with van der Waals surface area (Å²) in [6.45, 7) is 3.25. The van der Waals surface area contributed by atoms with Gasteiger partial charge in [0, 0.05) is 29.6 Å². The van der Waals surface area contributed by atoms with Crippen molar-refractivity contribution < 1.29 is 9.90 Å². The number of hydrogen-bond acceptors (Lipinski definition) is 3. The van der Waals surface area contributed by atoms with E-state index in [1.165, 1.54) is 18.4 Å². The zero-order chi connectivity index (χ0) is 19.1. The van der Waals surface area contributed by atoms with Crippen LogP contribution in [0.4, 0.5) is 0 Å². The summed E-state index contributed by atoms with van der Waals surface area (Å²) in [4.78, 5) is 15.6. The van der Waals surface area contributed by atoms with Crippen molar-refractivity contribution in [1.82, 2.24) is 9.47 Å². The highest BCUT2D eigenvalue weighted by Gasteiger charge is 2.34. The number of benzene rings is 2. The Hall–Kier alpha value is -2.59. The molecule has 4 heteroatoms. The number of phenols is 1. The quantitative estimate of drug-likeness (QED) is 0.733. The van der Waals surface area contributed by atoms with Crippen molar-refractivity contribution in [2.75, 3.05) is 13.1 Å². The van der Waals surface area contributed by atoms with Crippen LogP contribution in [0.1, 0.15) is 35.3 Å². The van der Waals surface area contributed by atoms with Gasteiger partial charge in [0.1, 0.15) is 5.75 Å². The number of fused-ring (bicyclic) bond motifs is 3. The van der Waals surface area contributed by atoms with Gasteiger partial charge in [0.05, 0.1) is 5.52 Å². The van der Waals surface area contributed by atoms with E-state index in [4.69, 9.17) is 0 Å². The smallest absolute Gasteiger partial charge is 0.234 e. The molecule has 144 valence electrons. The third-order valence-corrected chi connectivity index (χ3v) is 6.46. The van der Waals surface area contributed by atoms with Crippen molar-refractivity contribution in [2.45, 2.75) is 32.2 Å². The number of likely N-dealkylation sites (tertiary alicyclic amines) is 1. The molecule has 0 amide bonds. The fourth-order valence-corrected chi connectivity index (χ4v) is 4.99. The van der Waals surface area contributed by atoms with Gasteiger partial charge in [-0.1, -0.05) is 30.3 Å². The summed E-state index contributed by atoms with van der Waals surface area (Å²) in [5, 5.41) is 10.8. The molecule has 1 fully saturated rings. The van der Waals surface area contributed by atoms with E-state index in [1.54, 1.807) is 12.1 Å². The van der Waals surface area contributed by atoms with Gasteiger partial charge in [-0.15, -0.1) is 0 Å². The van der Waals surface area contributed by atoms with Crippen LogP contribution in [0.3, 0.4) is 0 Å². The molecule has 2 aromatic carbocycles. The Balaban J connectivity index is 1.21. The Bertz CT molecular complexity index is 1000. The zero-order valence-electron chi connectivity index (χ0n) is 16.1. The molecular formula is C24H26N2O2. The number of rotatable bonds is 4. The monoisotopic (exact) mass is 374 g/mol. The van der Waals surface area contributed by atoms with Crippen LogP contribution in [0.15, 0.2) is 54.6 Å². The van der Waals surface area contributed by atoms with E-state index in [0.717, 1.165) is 49.1 Å². The summed E-state index contributed by atoms with van der Waals surface area (Å²) in [6.07, 6.45) is 4.17. The fourth-order valence-electron chi connectivity index (χ4n) is 4.99. The highest BCUT2D eigenvalue weighted by molar-refractivity contribution is 5.97. The molecule has 0 radical (unpaired) electrons. The standard InChI is InChI=1S/C24H26N2O2/c27-22-7-6-19-13-21-14-20(24(28)26(21)23(19)15-22)12-17-8-10-25(11-9-17)16-18-4-2-1-3-5-18/h1-7,13,15,17,20,27H,8-12,14,16H2. The predicted molar refractivity (Wildman–Crippen MR) is 110 cm³/mol. The third kappa shape index (κ3) is 3.22. The van der Waals surface area contributed by atoms with Crippen LogP contribution in [0.5, 0.6) is 5.75 Å². The first-order valence-electron chi connectivity index (χ1n) is 10.3. The molecule has 3 heterocycles. The second kappa shape index (κ2) is 7.10. The number of carbonyl (C=O) groups excluding carboxylic acids is 1. The van der Waals surface area contributed by atoms with Crippen LogP contribution < -0.4 is 0 Å². The lowest BCUT2D eigenvalue weighted by molar-refractivity contribution is 0.0830. The van der Waals surface area contributed by atoms with E-state index in [2.05, 4.69) is 41.3 Å². The second-order valence-electron chi connectivity index (χ2n) is 8.39. The zero-order valence-corrected chi connectivity index (χ0v) is 16.1. The molecule has 0 bridgehead atoms. The van der Waals surface area contributed by atoms with E-state index in [1.807, 2.05) is 10.6 Å². The Labute approximate surface area is 165 Å². The van der Waals surface area contributed by atoms with Gasteiger partial charge in [0.25, 0.3) is 0 Å². The lowest BCUT2D eigenvalue weighted by Gasteiger charge is -2.32. The fraction of sp³-hybridized carbons (Fsp3) is 0.375. The van der Waals surface area contributed by atoms with Crippen LogP contribution in [0.25, 0.3) is 10.9 Å². The lowest BCUT2D eigenvalue weighted by atomic mass is 9.85. The average molecular weight is 374 g/mol. The van der Waals surface area contributed by atoms with Gasteiger partial charge in [-0.25, -0.2) is 0 Å². The number of aromatic nitrogens is 1. The molecular weight excluding hydrogens is 348 g/mol. The molecule has 1 saturated heterocycles. The van der Waals surface area contributed by atoms with E-state index in [-0.39, 0.29) is 17.6 Å². The van der Waals surface area contributed by atoms with Crippen LogP contribution in [0, 0.1) is 11.8 Å². The number of carbonyl (C=O) groups is 1. The molecule has 2 aliphatic heterocycles. The molecule has 28 heavy (non-hydrogen) atoms. The Morgan fingerprint density at radius 2 is 1.79 bits per heavy atom. The summed E-state index contributed by atoms with van der Waals surface area (Å²) < 4.78 is 1.84. The normalized spacial score (nSPS) is 20.7. The van der Waals surface area contributed by atoms with Crippen molar-refractivity contribution in [3.8, 4) is 5.75 Å². The molecule has 1 aromatic heterocycles. The first kappa shape index (κ1) is 17.5. The summed E-state index contributed by atoms with van der Waals surface area (Å²) in [5.74, 6) is 1.15. The van der Waals surface area contributed by atoms with E-state index in [0.29, 0.717) is 5.92 Å². The molecule has 1 unspecified atom stereocenters. The van der Waals surface area contributed by atoms with Gasteiger partial charge >= 0.3 is 0 Å². The van der Waals surface area contributed by atoms with Gasteiger partial charge in [0.2, 0.25) is 5.91 Å². The molecule has 5 rings (SSSR count). The number of aromatic hydroxyl groups is 1. The second-order valence-corrected chi connectivity index (χ2v) is 8.39. The average Bonchev–Trinajstić information content (AvgIpc) is 3.20. The number of phenolic OH excluding ortho intramolecular Hbond substituents is 1. The maximum Gasteiger partial charge on any atom is 0.234 e. The van der Waals surface area contributed by atoms with Gasteiger partial charge in [-0.2, -0.15) is 0 Å². The molecule has 2 aliphatic rings. The number of nitrogens with zero attached hydrogens (tertiary/aromatic N) is 2. The Morgan fingerprint density at radius 1 is 1.00 bits per heavy atom. The summed E-state index contributed by atoms with van der Waals surface area (Å²) in [7, 11) is 0. The van der Waals surface area contributed by atoms with Gasteiger partial charge in [-0.05, 0) is 68.5 Å².